The molecule has 2 aromatic rings. The van der Waals surface area contributed by atoms with Gasteiger partial charge in [0.2, 0.25) is 0 Å². The second kappa shape index (κ2) is 7.24. The second-order valence-electron chi connectivity index (χ2n) is 6.38. The summed E-state index contributed by atoms with van der Waals surface area (Å²) in [5.41, 5.74) is 1.09. The largest absolute Gasteiger partial charge is 0.382 e. The summed E-state index contributed by atoms with van der Waals surface area (Å²) in [6.07, 6.45) is -0.424. The molecule has 2 aromatic carbocycles. The van der Waals surface area contributed by atoms with E-state index in [1.165, 1.54) is 6.07 Å². The van der Waals surface area contributed by atoms with E-state index in [4.69, 9.17) is 4.74 Å². The lowest BCUT2D eigenvalue weighted by molar-refractivity contribution is -0.137. The van der Waals surface area contributed by atoms with Crippen molar-refractivity contribution in [3.05, 3.63) is 71.0 Å². The van der Waals surface area contributed by atoms with Crippen molar-refractivity contribution in [1.29, 1.82) is 0 Å². The lowest BCUT2D eigenvalue weighted by Crippen LogP contribution is -2.44. The first-order valence-electron chi connectivity index (χ1n) is 8.00. The molecule has 0 fully saturated rings. The number of benzene rings is 2. The summed E-state index contributed by atoms with van der Waals surface area (Å²) >= 11 is 0. The van der Waals surface area contributed by atoms with Gasteiger partial charge < -0.3 is 9.84 Å². The number of hydrogen-bond donors (Lipinski definition) is 1. The van der Waals surface area contributed by atoms with Crippen molar-refractivity contribution >= 4 is 0 Å². The maximum absolute atomic E-state index is 13.5. The molecule has 1 N–H and O–H groups in total. The molecule has 1 unspecified atom stereocenters. The van der Waals surface area contributed by atoms with Gasteiger partial charge in [-0.2, -0.15) is 0 Å². The Hall–Kier alpha value is -1.71. The van der Waals surface area contributed by atoms with Crippen LogP contribution in [0.2, 0.25) is 0 Å². The minimum atomic E-state index is -1.17. The van der Waals surface area contributed by atoms with Crippen LogP contribution >= 0.6 is 0 Å². The van der Waals surface area contributed by atoms with Gasteiger partial charge in [0.05, 0.1) is 12.7 Å². The molecule has 0 amide bonds. The third-order valence-electron chi connectivity index (χ3n) is 4.46. The Morgan fingerprint density at radius 3 is 2.30 bits per heavy atom. The highest BCUT2D eigenvalue weighted by molar-refractivity contribution is 5.30. The normalized spacial score (nSPS) is 15.4. The molecule has 0 aromatic heterocycles. The first kappa shape index (κ1) is 17.6. The fourth-order valence-corrected chi connectivity index (χ4v) is 2.85. The molecular formula is C20H25FO2. The van der Waals surface area contributed by atoms with E-state index in [0.717, 1.165) is 5.56 Å². The van der Waals surface area contributed by atoms with E-state index < -0.39 is 11.7 Å². The summed E-state index contributed by atoms with van der Waals surface area (Å²) in [7, 11) is 0. The Labute approximate surface area is 137 Å². The third-order valence-corrected chi connectivity index (χ3v) is 4.46. The third kappa shape index (κ3) is 3.80. The summed E-state index contributed by atoms with van der Waals surface area (Å²) in [6.45, 7) is 7.88. The Balaban J connectivity index is 2.23. The smallest absolute Gasteiger partial charge is 0.126 e. The number of aryl methyl sites for hydroxylation is 1. The van der Waals surface area contributed by atoms with Crippen LogP contribution in [0.25, 0.3) is 0 Å². The van der Waals surface area contributed by atoms with Crippen molar-refractivity contribution in [1.82, 2.24) is 0 Å². The molecule has 0 aliphatic carbocycles. The standard InChI is InChI=1S/C20H25FO2/c1-14(2)20(22,18-10-11-19(21)15(3)12-18)16(4)23-13-17-8-6-5-7-9-17/h5-12,14,16,22H,13H2,1-4H3/t16-,20?/m0/s1. The van der Waals surface area contributed by atoms with Crippen LogP contribution in [-0.4, -0.2) is 11.2 Å². The van der Waals surface area contributed by atoms with Crippen LogP contribution < -0.4 is 0 Å². The van der Waals surface area contributed by atoms with Crippen LogP contribution in [0.3, 0.4) is 0 Å². The van der Waals surface area contributed by atoms with Gasteiger partial charge in [-0.15, -0.1) is 0 Å². The fraction of sp³-hybridized carbons (Fsp3) is 0.400. The van der Waals surface area contributed by atoms with Crippen molar-refractivity contribution in [2.24, 2.45) is 5.92 Å². The van der Waals surface area contributed by atoms with Crippen LogP contribution in [0.4, 0.5) is 4.39 Å². The Morgan fingerprint density at radius 2 is 1.74 bits per heavy atom. The number of halogens is 1. The van der Waals surface area contributed by atoms with Gasteiger partial charge in [0.15, 0.2) is 0 Å². The highest BCUT2D eigenvalue weighted by Crippen LogP contribution is 2.35. The van der Waals surface area contributed by atoms with E-state index in [9.17, 15) is 9.50 Å². The number of ether oxygens (including phenoxy) is 1. The summed E-state index contributed by atoms with van der Waals surface area (Å²) in [4.78, 5) is 0. The SMILES string of the molecule is Cc1cc(C(O)(C(C)C)[C@H](C)OCc2ccccc2)ccc1F. The highest BCUT2D eigenvalue weighted by atomic mass is 19.1. The predicted molar refractivity (Wildman–Crippen MR) is 90.6 cm³/mol. The van der Waals surface area contributed by atoms with E-state index in [1.807, 2.05) is 51.1 Å². The fourth-order valence-electron chi connectivity index (χ4n) is 2.85. The van der Waals surface area contributed by atoms with Gasteiger partial charge >= 0.3 is 0 Å². The minimum absolute atomic E-state index is 0.0712. The first-order chi connectivity index (χ1) is 10.9. The zero-order valence-corrected chi connectivity index (χ0v) is 14.2. The van der Waals surface area contributed by atoms with Crippen molar-refractivity contribution in [2.75, 3.05) is 0 Å². The first-order valence-corrected chi connectivity index (χ1v) is 8.00. The number of rotatable bonds is 6. The summed E-state index contributed by atoms with van der Waals surface area (Å²) in [5, 5.41) is 11.3. The molecule has 0 aliphatic heterocycles. The number of aliphatic hydroxyl groups is 1. The van der Waals surface area contributed by atoms with Gasteiger partial charge in [0.1, 0.15) is 11.4 Å². The van der Waals surface area contributed by atoms with Gasteiger partial charge in [0.25, 0.3) is 0 Å². The maximum Gasteiger partial charge on any atom is 0.126 e. The second-order valence-corrected chi connectivity index (χ2v) is 6.38. The Bertz CT molecular complexity index is 639. The zero-order valence-electron chi connectivity index (χ0n) is 14.2. The van der Waals surface area contributed by atoms with Crippen molar-refractivity contribution in [2.45, 2.75) is 46.0 Å². The molecule has 0 heterocycles. The average Bonchev–Trinajstić information content (AvgIpc) is 2.55. The van der Waals surface area contributed by atoms with Crippen LogP contribution in [-0.2, 0) is 16.9 Å². The van der Waals surface area contributed by atoms with E-state index in [2.05, 4.69) is 0 Å². The van der Waals surface area contributed by atoms with Crippen LogP contribution in [0.1, 0.15) is 37.5 Å². The van der Waals surface area contributed by atoms with Gasteiger partial charge in [0, 0.05) is 0 Å². The molecule has 124 valence electrons. The molecule has 0 aliphatic rings. The van der Waals surface area contributed by atoms with Crippen molar-refractivity contribution in [3.8, 4) is 0 Å². The lowest BCUT2D eigenvalue weighted by Gasteiger charge is -2.38. The van der Waals surface area contributed by atoms with Crippen molar-refractivity contribution < 1.29 is 14.2 Å². The van der Waals surface area contributed by atoms with Gasteiger partial charge in [-0.3, -0.25) is 0 Å². The van der Waals surface area contributed by atoms with E-state index >= 15 is 0 Å². The predicted octanol–water partition coefficient (Wildman–Crippen LogP) is 4.58. The molecule has 0 spiro atoms. The van der Waals surface area contributed by atoms with E-state index in [1.54, 1.807) is 19.1 Å². The quantitative estimate of drug-likeness (QED) is 0.845. The summed E-state index contributed by atoms with van der Waals surface area (Å²) in [6, 6.07) is 14.6. The topological polar surface area (TPSA) is 29.5 Å². The summed E-state index contributed by atoms with van der Waals surface area (Å²) < 4.78 is 19.5. The Morgan fingerprint density at radius 1 is 1.09 bits per heavy atom. The molecule has 2 rings (SSSR count). The monoisotopic (exact) mass is 316 g/mol. The maximum atomic E-state index is 13.5. The molecule has 2 nitrogen and oxygen atoms in total. The average molecular weight is 316 g/mol. The molecule has 0 bridgehead atoms. The zero-order chi connectivity index (χ0) is 17.0. The highest BCUT2D eigenvalue weighted by Gasteiger charge is 2.40. The van der Waals surface area contributed by atoms with E-state index in [-0.39, 0.29) is 11.7 Å². The molecule has 2 atom stereocenters. The molecule has 0 saturated carbocycles. The Kier molecular flexibility index (Phi) is 5.55. The van der Waals surface area contributed by atoms with E-state index in [0.29, 0.717) is 17.7 Å². The molecule has 0 saturated heterocycles. The van der Waals surface area contributed by atoms with Crippen LogP contribution in [0, 0.1) is 18.7 Å². The van der Waals surface area contributed by atoms with Crippen LogP contribution in [0.5, 0.6) is 0 Å². The number of hydrogen-bond acceptors (Lipinski definition) is 2. The molecular weight excluding hydrogens is 291 g/mol. The molecule has 0 radical (unpaired) electrons. The van der Waals surface area contributed by atoms with Gasteiger partial charge in [-0.1, -0.05) is 56.3 Å². The minimum Gasteiger partial charge on any atom is -0.382 e. The van der Waals surface area contributed by atoms with Crippen LogP contribution in [0.15, 0.2) is 48.5 Å². The van der Waals surface area contributed by atoms with Gasteiger partial charge in [-0.25, -0.2) is 4.39 Å². The van der Waals surface area contributed by atoms with Crippen molar-refractivity contribution in [3.63, 3.8) is 0 Å². The summed E-state index contributed by atoms with van der Waals surface area (Å²) in [5.74, 6) is -0.337. The van der Waals surface area contributed by atoms with Gasteiger partial charge in [-0.05, 0) is 42.5 Å². The lowest BCUT2D eigenvalue weighted by atomic mass is 9.79. The molecule has 3 heteroatoms. The molecule has 23 heavy (non-hydrogen) atoms.